The van der Waals surface area contributed by atoms with Crippen LogP contribution in [0.25, 0.3) is 11.1 Å². The van der Waals surface area contributed by atoms with Crippen molar-refractivity contribution in [1.29, 1.82) is 0 Å². The van der Waals surface area contributed by atoms with E-state index in [2.05, 4.69) is 4.72 Å². The highest BCUT2D eigenvalue weighted by atomic mass is 32.2. The van der Waals surface area contributed by atoms with Crippen molar-refractivity contribution in [2.75, 3.05) is 19.3 Å². The summed E-state index contributed by atoms with van der Waals surface area (Å²) < 4.78 is 55.0. The molecule has 1 aliphatic heterocycles. The summed E-state index contributed by atoms with van der Waals surface area (Å²) in [6.07, 6.45) is 4.05. The van der Waals surface area contributed by atoms with Crippen LogP contribution in [-0.4, -0.2) is 44.6 Å². The van der Waals surface area contributed by atoms with Gasteiger partial charge in [-0.3, -0.25) is 4.79 Å². The van der Waals surface area contributed by atoms with Gasteiger partial charge in [0.2, 0.25) is 15.9 Å². The number of carbonyl (C=O) groups is 1. The van der Waals surface area contributed by atoms with Crippen molar-refractivity contribution in [2.45, 2.75) is 44.6 Å². The minimum atomic E-state index is -3.37. The van der Waals surface area contributed by atoms with Crippen LogP contribution in [0.2, 0.25) is 0 Å². The standard InChI is InChI=1S/C24H28F2N2O3S/c1-24(23(29)28-13-6-5-8-16(15-28)27-32(2,30)31)14-19(24)17-9-3-4-10-18(17)22-20(25)11-7-12-21(22)26/h3-4,7,9-12,16,19,27H,5-6,8,13-15H2,1-2H3/t16-,19-,24+/m0/s1. The lowest BCUT2D eigenvalue weighted by atomic mass is 9.91. The Kier molecular flexibility index (Phi) is 6.11. The summed E-state index contributed by atoms with van der Waals surface area (Å²) in [6, 6.07) is 10.6. The summed E-state index contributed by atoms with van der Waals surface area (Å²) >= 11 is 0. The molecule has 1 N–H and O–H groups in total. The SMILES string of the molecule is C[C@@]1(C(=O)N2CCCC[C@H](NS(C)(=O)=O)C2)C[C@H]1c1ccccc1-c1c(F)cccc1F. The Hall–Kier alpha value is -2.32. The summed E-state index contributed by atoms with van der Waals surface area (Å²) in [5.74, 6) is -1.45. The van der Waals surface area contributed by atoms with Gasteiger partial charge >= 0.3 is 0 Å². The fourth-order valence-electron chi connectivity index (χ4n) is 4.92. The monoisotopic (exact) mass is 462 g/mol. The van der Waals surface area contributed by atoms with Crippen LogP contribution in [0.15, 0.2) is 42.5 Å². The molecule has 2 aromatic carbocycles. The summed E-state index contributed by atoms with van der Waals surface area (Å²) in [5, 5.41) is 0. The molecule has 2 aromatic rings. The first-order valence-electron chi connectivity index (χ1n) is 10.9. The van der Waals surface area contributed by atoms with Crippen LogP contribution < -0.4 is 4.72 Å². The Morgan fingerprint density at radius 2 is 1.78 bits per heavy atom. The minimum Gasteiger partial charge on any atom is -0.341 e. The van der Waals surface area contributed by atoms with Gasteiger partial charge in [-0.05, 0) is 48.4 Å². The molecule has 3 atom stereocenters. The van der Waals surface area contributed by atoms with E-state index in [0.717, 1.165) is 24.7 Å². The van der Waals surface area contributed by atoms with Gasteiger partial charge in [-0.1, -0.05) is 43.7 Å². The number of hydrogen-bond donors (Lipinski definition) is 1. The Morgan fingerprint density at radius 3 is 2.47 bits per heavy atom. The molecule has 4 rings (SSSR count). The van der Waals surface area contributed by atoms with Gasteiger partial charge in [0.05, 0.1) is 17.2 Å². The molecular weight excluding hydrogens is 434 g/mol. The fraction of sp³-hybridized carbons (Fsp3) is 0.458. The van der Waals surface area contributed by atoms with E-state index in [1.165, 1.54) is 18.2 Å². The maximum Gasteiger partial charge on any atom is 0.229 e. The Balaban J connectivity index is 1.59. The first-order valence-corrected chi connectivity index (χ1v) is 12.8. The molecule has 0 unspecified atom stereocenters. The first-order chi connectivity index (χ1) is 15.1. The third-order valence-electron chi connectivity index (χ3n) is 6.63. The van der Waals surface area contributed by atoms with Gasteiger partial charge < -0.3 is 4.90 Å². The van der Waals surface area contributed by atoms with Crippen molar-refractivity contribution in [2.24, 2.45) is 5.41 Å². The molecular formula is C24H28F2N2O3S. The maximum absolute atomic E-state index is 14.5. The van der Waals surface area contributed by atoms with Crippen LogP contribution in [0.1, 0.15) is 44.1 Å². The number of likely N-dealkylation sites (tertiary alicyclic amines) is 1. The van der Waals surface area contributed by atoms with Crippen LogP contribution >= 0.6 is 0 Å². The average Bonchev–Trinajstić information content (AvgIpc) is 3.45. The van der Waals surface area contributed by atoms with Crippen LogP contribution in [0.4, 0.5) is 8.78 Å². The summed E-state index contributed by atoms with van der Waals surface area (Å²) in [5.41, 5.74) is 0.472. The largest absolute Gasteiger partial charge is 0.341 e. The smallest absolute Gasteiger partial charge is 0.229 e. The zero-order chi connectivity index (χ0) is 23.1. The fourth-order valence-corrected chi connectivity index (χ4v) is 5.72. The second kappa shape index (κ2) is 8.56. The molecule has 1 aliphatic carbocycles. The number of carbonyl (C=O) groups excluding carboxylic acids is 1. The highest BCUT2D eigenvalue weighted by molar-refractivity contribution is 7.88. The van der Waals surface area contributed by atoms with E-state index in [4.69, 9.17) is 0 Å². The van der Waals surface area contributed by atoms with Crippen molar-refractivity contribution in [3.63, 3.8) is 0 Å². The van der Waals surface area contributed by atoms with Gasteiger partial charge in [0.25, 0.3) is 0 Å². The zero-order valence-electron chi connectivity index (χ0n) is 18.3. The van der Waals surface area contributed by atoms with Crippen LogP contribution in [0, 0.1) is 17.0 Å². The van der Waals surface area contributed by atoms with E-state index >= 15 is 0 Å². The molecule has 0 spiro atoms. The average molecular weight is 463 g/mol. The van der Waals surface area contributed by atoms with Crippen molar-refractivity contribution in [1.82, 2.24) is 9.62 Å². The van der Waals surface area contributed by atoms with E-state index in [0.29, 0.717) is 31.5 Å². The predicted octanol–water partition coefficient (Wildman–Crippen LogP) is 4.06. The number of hydrogen-bond acceptors (Lipinski definition) is 3. The van der Waals surface area contributed by atoms with E-state index in [1.807, 2.05) is 19.1 Å². The second-order valence-electron chi connectivity index (χ2n) is 9.19. The van der Waals surface area contributed by atoms with Crippen LogP contribution in [0.3, 0.4) is 0 Å². The normalized spacial score (nSPS) is 25.9. The maximum atomic E-state index is 14.5. The zero-order valence-corrected chi connectivity index (χ0v) is 19.1. The molecule has 1 amide bonds. The third-order valence-corrected chi connectivity index (χ3v) is 7.39. The summed E-state index contributed by atoms with van der Waals surface area (Å²) in [7, 11) is -3.37. The van der Waals surface area contributed by atoms with Crippen molar-refractivity contribution < 1.29 is 22.0 Å². The summed E-state index contributed by atoms with van der Waals surface area (Å²) in [6.45, 7) is 2.79. The Bertz CT molecular complexity index is 1120. The molecule has 1 saturated carbocycles. The van der Waals surface area contributed by atoms with Gasteiger partial charge in [0, 0.05) is 19.1 Å². The van der Waals surface area contributed by atoms with E-state index in [9.17, 15) is 22.0 Å². The lowest BCUT2D eigenvalue weighted by molar-refractivity contribution is -0.136. The molecule has 172 valence electrons. The molecule has 5 nitrogen and oxygen atoms in total. The summed E-state index contributed by atoms with van der Waals surface area (Å²) in [4.78, 5) is 15.3. The molecule has 0 bridgehead atoms. The minimum absolute atomic E-state index is 0.0338. The number of nitrogens with zero attached hydrogens (tertiary/aromatic N) is 1. The number of sulfonamides is 1. The molecule has 1 heterocycles. The van der Waals surface area contributed by atoms with Gasteiger partial charge in [-0.2, -0.15) is 0 Å². The van der Waals surface area contributed by atoms with Gasteiger partial charge in [0.1, 0.15) is 11.6 Å². The number of halogens is 2. The number of nitrogens with one attached hydrogen (secondary N) is 1. The molecule has 32 heavy (non-hydrogen) atoms. The predicted molar refractivity (Wildman–Crippen MR) is 119 cm³/mol. The Labute approximate surface area is 187 Å². The van der Waals surface area contributed by atoms with Crippen LogP contribution in [-0.2, 0) is 14.8 Å². The van der Waals surface area contributed by atoms with Gasteiger partial charge in [-0.15, -0.1) is 0 Å². The van der Waals surface area contributed by atoms with E-state index in [1.54, 1.807) is 17.0 Å². The molecule has 2 fully saturated rings. The highest BCUT2D eigenvalue weighted by Crippen LogP contribution is 2.61. The lowest BCUT2D eigenvalue weighted by Crippen LogP contribution is -2.46. The van der Waals surface area contributed by atoms with Crippen molar-refractivity contribution in [3.05, 3.63) is 59.7 Å². The molecule has 2 aliphatic rings. The number of amides is 1. The second-order valence-corrected chi connectivity index (χ2v) is 11.0. The molecule has 0 radical (unpaired) electrons. The highest BCUT2D eigenvalue weighted by Gasteiger charge is 2.58. The van der Waals surface area contributed by atoms with Gasteiger partial charge in [-0.25, -0.2) is 21.9 Å². The molecule has 8 heteroatoms. The molecule has 1 saturated heterocycles. The van der Waals surface area contributed by atoms with E-state index < -0.39 is 27.1 Å². The van der Waals surface area contributed by atoms with Crippen LogP contribution in [0.5, 0.6) is 0 Å². The number of benzene rings is 2. The Morgan fingerprint density at radius 1 is 1.09 bits per heavy atom. The molecule has 0 aromatic heterocycles. The third kappa shape index (κ3) is 4.57. The number of rotatable bonds is 5. The van der Waals surface area contributed by atoms with Crippen molar-refractivity contribution in [3.8, 4) is 11.1 Å². The van der Waals surface area contributed by atoms with Crippen molar-refractivity contribution >= 4 is 15.9 Å². The first kappa shape index (κ1) is 22.9. The van der Waals surface area contributed by atoms with Gasteiger partial charge in [0.15, 0.2) is 0 Å². The quantitative estimate of drug-likeness (QED) is 0.729. The van der Waals surface area contributed by atoms with E-state index in [-0.39, 0.29) is 23.4 Å². The lowest BCUT2D eigenvalue weighted by Gasteiger charge is -2.28. The topological polar surface area (TPSA) is 66.5 Å².